The van der Waals surface area contributed by atoms with Gasteiger partial charge in [0.25, 0.3) is 0 Å². The Hall–Kier alpha value is -1.76. The van der Waals surface area contributed by atoms with Gasteiger partial charge in [0.2, 0.25) is 0 Å². The van der Waals surface area contributed by atoms with Crippen molar-refractivity contribution in [2.45, 2.75) is 38.7 Å². The molecule has 0 spiro atoms. The Morgan fingerprint density at radius 3 is 2.24 bits per heavy atom. The van der Waals surface area contributed by atoms with Gasteiger partial charge in [0, 0.05) is 6.04 Å². The van der Waals surface area contributed by atoms with Gasteiger partial charge in [-0.25, -0.2) is 0 Å². The SMILES string of the molecule is CCC(C(=O)O)N(C)C(C)c1ccc(OC(F)(F)F)cc1. The number of carboxylic acid groups (broad SMARTS) is 1. The summed E-state index contributed by atoms with van der Waals surface area (Å²) in [6.45, 7) is 3.56. The van der Waals surface area contributed by atoms with Gasteiger partial charge >= 0.3 is 12.3 Å². The molecule has 0 aliphatic rings. The number of benzene rings is 1. The minimum absolute atomic E-state index is 0.244. The Kier molecular flexibility index (Phi) is 5.60. The molecule has 21 heavy (non-hydrogen) atoms. The Morgan fingerprint density at radius 1 is 1.33 bits per heavy atom. The van der Waals surface area contributed by atoms with E-state index < -0.39 is 18.4 Å². The van der Waals surface area contributed by atoms with Crippen molar-refractivity contribution in [1.82, 2.24) is 4.90 Å². The molecule has 0 saturated heterocycles. The summed E-state index contributed by atoms with van der Waals surface area (Å²) in [4.78, 5) is 12.8. The predicted molar refractivity (Wildman–Crippen MR) is 71.0 cm³/mol. The van der Waals surface area contributed by atoms with E-state index in [1.165, 1.54) is 24.3 Å². The molecule has 1 rings (SSSR count). The molecule has 0 radical (unpaired) electrons. The molecule has 118 valence electrons. The lowest BCUT2D eigenvalue weighted by Crippen LogP contribution is -2.39. The van der Waals surface area contributed by atoms with E-state index in [4.69, 9.17) is 5.11 Å². The van der Waals surface area contributed by atoms with Crippen LogP contribution in [0, 0.1) is 0 Å². The minimum Gasteiger partial charge on any atom is -0.480 e. The summed E-state index contributed by atoms with van der Waals surface area (Å²) in [7, 11) is 1.67. The first-order chi connectivity index (χ1) is 9.65. The lowest BCUT2D eigenvalue weighted by Gasteiger charge is -2.30. The molecule has 1 aromatic carbocycles. The van der Waals surface area contributed by atoms with Gasteiger partial charge in [0.05, 0.1) is 0 Å². The van der Waals surface area contributed by atoms with Crippen LogP contribution in [-0.4, -0.2) is 35.4 Å². The number of carbonyl (C=O) groups is 1. The third-order valence-electron chi connectivity index (χ3n) is 3.37. The van der Waals surface area contributed by atoms with Crippen molar-refractivity contribution in [3.8, 4) is 5.75 Å². The number of carboxylic acids is 1. The molecular weight excluding hydrogens is 287 g/mol. The fraction of sp³-hybridized carbons (Fsp3) is 0.500. The van der Waals surface area contributed by atoms with Crippen LogP contribution in [0.25, 0.3) is 0 Å². The van der Waals surface area contributed by atoms with Crippen molar-refractivity contribution >= 4 is 5.97 Å². The van der Waals surface area contributed by atoms with Crippen LogP contribution in [0.3, 0.4) is 0 Å². The lowest BCUT2D eigenvalue weighted by atomic mass is 10.0. The lowest BCUT2D eigenvalue weighted by molar-refractivity contribution is -0.274. The maximum Gasteiger partial charge on any atom is 0.573 e. The largest absolute Gasteiger partial charge is 0.573 e. The monoisotopic (exact) mass is 305 g/mol. The van der Waals surface area contributed by atoms with Crippen molar-refractivity contribution in [2.75, 3.05) is 7.05 Å². The van der Waals surface area contributed by atoms with Gasteiger partial charge in [-0.3, -0.25) is 9.69 Å². The van der Waals surface area contributed by atoms with Gasteiger partial charge in [0.1, 0.15) is 11.8 Å². The summed E-state index contributed by atoms with van der Waals surface area (Å²) < 4.78 is 40.0. The number of aliphatic carboxylic acids is 1. The molecule has 0 amide bonds. The summed E-state index contributed by atoms with van der Waals surface area (Å²) >= 11 is 0. The molecule has 4 nitrogen and oxygen atoms in total. The van der Waals surface area contributed by atoms with Gasteiger partial charge in [-0.05, 0) is 38.1 Å². The van der Waals surface area contributed by atoms with Crippen molar-refractivity contribution in [2.24, 2.45) is 0 Å². The number of nitrogens with zero attached hydrogens (tertiary/aromatic N) is 1. The first kappa shape index (κ1) is 17.3. The first-order valence-electron chi connectivity index (χ1n) is 6.46. The van der Waals surface area contributed by atoms with Crippen molar-refractivity contribution in [3.05, 3.63) is 29.8 Å². The molecular formula is C14H18F3NO3. The van der Waals surface area contributed by atoms with Crippen LogP contribution in [0.15, 0.2) is 24.3 Å². The number of likely N-dealkylation sites (N-methyl/N-ethyl adjacent to an activating group) is 1. The molecule has 2 unspecified atom stereocenters. The Balaban J connectivity index is 2.83. The highest BCUT2D eigenvalue weighted by Gasteiger charge is 2.31. The van der Waals surface area contributed by atoms with Gasteiger partial charge in [0.15, 0.2) is 0 Å². The normalized spacial score (nSPS) is 14.8. The average Bonchev–Trinajstić information content (AvgIpc) is 2.37. The molecule has 0 aromatic heterocycles. The maximum absolute atomic E-state index is 12.1. The van der Waals surface area contributed by atoms with Crippen LogP contribution in [0.4, 0.5) is 13.2 Å². The zero-order valence-corrected chi connectivity index (χ0v) is 12.0. The Bertz CT molecular complexity index is 473. The predicted octanol–water partition coefficient (Wildman–Crippen LogP) is 3.44. The second-order valence-corrected chi connectivity index (χ2v) is 4.72. The molecule has 1 N–H and O–H groups in total. The molecule has 0 saturated carbocycles. The average molecular weight is 305 g/mol. The zero-order valence-electron chi connectivity index (χ0n) is 12.0. The second kappa shape index (κ2) is 6.80. The minimum atomic E-state index is -4.72. The van der Waals surface area contributed by atoms with E-state index in [2.05, 4.69) is 4.74 Å². The van der Waals surface area contributed by atoms with Gasteiger partial charge in [-0.1, -0.05) is 19.1 Å². The van der Waals surface area contributed by atoms with Crippen LogP contribution in [0.2, 0.25) is 0 Å². The van der Waals surface area contributed by atoms with E-state index in [1.54, 1.807) is 25.8 Å². The second-order valence-electron chi connectivity index (χ2n) is 4.72. The van der Waals surface area contributed by atoms with E-state index >= 15 is 0 Å². The highest BCUT2D eigenvalue weighted by atomic mass is 19.4. The molecule has 0 fully saturated rings. The van der Waals surface area contributed by atoms with Crippen molar-refractivity contribution in [3.63, 3.8) is 0 Å². The third kappa shape index (κ3) is 4.93. The summed E-state index contributed by atoms with van der Waals surface area (Å²) in [6, 6.07) is 4.54. The standard InChI is InChI=1S/C14H18F3NO3/c1-4-12(13(19)20)18(3)9(2)10-5-7-11(8-6-10)21-14(15,16)17/h5-9,12H,4H2,1-3H3,(H,19,20). The van der Waals surface area contributed by atoms with Crippen LogP contribution >= 0.6 is 0 Å². The first-order valence-corrected chi connectivity index (χ1v) is 6.46. The summed E-state index contributed by atoms with van der Waals surface area (Å²) in [5.74, 6) is -1.23. The number of hydrogen-bond donors (Lipinski definition) is 1. The van der Waals surface area contributed by atoms with Crippen LogP contribution < -0.4 is 4.74 Å². The molecule has 0 heterocycles. The quantitative estimate of drug-likeness (QED) is 0.874. The van der Waals surface area contributed by atoms with E-state index in [0.717, 1.165) is 0 Å². The molecule has 2 atom stereocenters. The highest BCUT2D eigenvalue weighted by Crippen LogP contribution is 2.27. The van der Waals surface area contributed by atoms with Crippen LogP contribution in [-0.2, 0) is 4.79 Å². The van der Waals surface area contributed by atoms with Gasteiger partial charge in [-0.15, -0.1) is 13.2 Å². The number of halogens is 3. The Labute approximate surface area is 121 Å². The molecule has 1 aromatic rings. The summed E-state index contributed by atoms with van der Waals surface area (Å²) in [5, 5.41) is 9.12. The van der Waals surface area contributed by atoms with E-state index in [9.17, 15) is 18.0 Å². The number of ether oxygens (including phenoxy) is 1. The zero-order chi connectivity index (χ0) is 16.2. The highest BCUT2D eigenvalue weighted by molar-refractivity contribution is 5.73. The number of rotatable bonds is 6. The molecule has 0 aliphatic heterocycles. The summed E-state index contributed by atoms with van der Waals surface area (Å²) in [5.41, 5.74) is 0.715. The number of hydrogen-bond acceptors (Lipinski definition) is 3. The maximum atomic E-state index is 12.1. The van der Waals surface area contributed by atoms with Crippen molar-refractivity contribution < 1.29 is 27.8 Å². The van der Waals surface area contributed by atoms with Crippen molar-refractivity contribution in [1.29, 1.82) is 0 Å². The van der Waals surface area contributed by atoms with E-state index in [-0.39, 0.29) is 11.8 Å². The van der Waals surface area contributed by atoms with Crippen LogP contribution in [0.5, 0.6) is 5.75 Å². The van der Waals surface area contributed by atoms with E-state index in [1.807, 2.05) is 0 Å². The van der Waals surface area contributed by atoms with Gasteiger partial charge < -0.3 is 9.84 Å². The Morgan fingerprint density at radius 2 is 1.86 bits per heavy atom. The topological polar surface area (TPSA) is 49.8 Å². The van der Waals surface area contributed by atoms with E-state index in [0.29, 0.717) is 12.0 Å². The summed E-state index contributed by atoms with van der Waals surface area (Å²) in [6.07, 6.45) is -4.29. The molecule has 7 heteroatoms. The fourth-order valence-electron chi connectivity index (χ4n) is 2.09. The van der Waals surface area contributed by atoms with Crippen LogP contribution in [0.1, 0.15) is 31.9 Å². The molecule has 0 bridgehead atoms. The fourth-order valence-corrected chi connectivity index (χ4v) is 2.09. The molecule has 0 aliphatic carbocycles. The number of alkyl halides is 3. The smallest absolute Gasteiger partial charge is 0.480 e. The van der Waals surface area contributed by atoms with Gasteiger partial charge in [-0.2, -0.15) is 0 Å². The third-order valence-corrected chi connectivity index (χ3v) is 3.37.